The summed E-state index contributed by atoms with van der Waals surface area (Å²) in [6, 6.07) is 0. The van der Waals surface area contributed by atoms with Crippen LogP contribution in [0.3, 0.4) is 0 Å². The Morgan fingerprint density at radius 1 is 1.82 bits per heavy atom. The van der Waals surface area contributed by atoms with Crippen LogP contribution in [-0.4, -0.2) is 17.9 Å². The van der Waals surface area contributed by atoms with Crippen LogP contribution >= 0.6 is 11.3 Å². The molecule has 0 bridgehead atoms. The van der Waals surface area contributed by atoms with Crippen LogP contribution in [0.5, 0.6) is 0 Å². The zero-order chi connectivity index (χ0) is 8.27. The summed E-state index contributed by atoms with van der Waals surface area (Å²) in [5.74, 6) is 5.93. The van der Waals surface area contributed by atoms with Crippen molar-refractivity contribution in [1.29, 1.82) is 0 Å². The number of hydrogen-bond donors (Lipinski definition) is 2. The van der Waals surface area contributed by atoms with Gasteiger partial charge in [-0.1, -0.05) is 0 Å². The Morgan fingerprint density at radius 2 is 2.55 bits per heavy atom. The number of aromatic nitrogens is 1. The summed E-state index contributed by atoms with van der Waals surface area (Å²) in [5, 5.41) is 0. The van der Waals surface area contributed by atoms with Gasteiger partial charge in [0, 0.05) is 7.05 Å². The van der Waals surface area contributed by atoms with Crippen LogP contribution in [0.25, 0.3) is 0 Å². The fourth-order valence-electron chi connectivity index (χ4n) is 0.761. The number of nitrogens with two attached hydrogens (primary N) is 1. The first-order valence-electron chi connectivity index (χ1n) is 3.13. The van der Waals surface area contributed by atoms with Crippen molar-refractivity contribution >= 4 is 17.2 Å². The van der Waals surface area contributed by atoms with Gasteiger partial charge in [-0.25, -0.2) is 10.8 Å². The van der Waals surface area contributed by atoms with E-state index in [-0.39, 0.29) is 0 Å². The van der Waals surface area contributed by atoms with E-state index in [1.54, 1.807) is 12.6 Å². The van der Waals surface area contributed by atoms with Gasteiger partial charge in [-0.2, -0.15) is 0 Å². The molecule has 0 aromatic carbocycles. The van der Waals surface area contributed by atoms with E-state index in [9.17, 15) is 0 Å². The maximum absolute atomic E-state index is 5.24. The van der Waals surface area contributed by atoms with Crippen molar-refractivity contribution in [2.75, 3.05) is 7.05 Å². The molecule has 5 heteroatoms. The van der Waals surface area contributed by atoms with E-state index in [2.05, 4.69) is 15.4 Å². The van der Waals surface area contributed by atoms with Gasteiger partial charge in [-0.3, -0.25) is 4.99 Å². The highest BCUT2D eigenvalue weighted by Crippen LogP contribution is 2.11. The average molecular weight is 170 g/mol. The molecule has 0 aliphatic rings. The largest absolute Gasteiger partial charge is 0.308 e. The van der Waals surface area contributed by atoms with Crippen LogP contribution in [0, 0.1) is 6.92 Å². The Balaban J connectivity index is 3.00. The molecule has 0 atom stereocenters. The quantitative estimate of drug-likeness (QED) is 0.275. The number of thiazole rings is 1. The summed E-state index contributed by atoms with van der Waals surface area (Å²) in [4.78, 5) is 9.03. The minimum Gasteiger partial charge on any atom is -0.308 e. The third-order valence-corrected chi connectivity index (χ3v) is 2.26. The molecular weight excluding hydrogens is 160 g/mol. The van der Waals surface area contributed by atoms with Crippen molar-refractivity contribution in [3.63, 3.8) is 0 Å². The molecule has 0 unspecified atom stereocenters. The van der Waals surface area contributed by atoms with E-state index in [1.807, 2.05) is 6.92 Å². The van der Waals surface area contributed by atoms with Gasteiger partial charge in [0.15, 0.2) is 5.84 Å². The molecular formula is C6H10N4S. The summed E-state index contributed by atoms with van der Waals surface area (Å²) in [7, 11) is 1.69. The highest BCUT2D eigenvalue weighted by Gasteiger charge is 2.06. The molecule has 0 aliphatic carbocycles. The van der Waals surface area contributed by atoms with E-state index in [1.165, 1.54) is 11.3 Å². The molecule has 11 heavy (non-hydrogen) atoms. The van der Waals surface area contributed by atoms with Gasteiger partial charge < -0.3 is 5.43 Å². The third-order valence-electron chi connectivity index (χ3n) is 1.32. The number of hydrazine groups is 1. The lowest BCUT2D eigenvalue weighted by Crippen LogP contribution is -2.30. The van der Waals surface area contributed by atoms with Crippen LogP contribution in [0.15, 0.2) is 10.5 Å². The second kappa shape index (κ2) is 3.45. The Morgan fingerprint density at radius 3 is 2.91 bits per heavy atom. The summed E-state index contributed by atoms with van der Waals surface area (Å²) in [5.41, 5.74) is 5.24. The van der Waals surface area contributed by atoms with E-state index < -0.39 is 0 Å². The molecule has 0 amide bonds. The van der Waals surface area contributed by atoms with Crippen molar-refractivity contribution in [3.8, 4) is 0 Å². The van der Waals surface area contributed by atoms with Crippen molar-refractivity contribution in [2.45, 2.75) is 6.92 Å². The zero-order valence-electron chi connectivity index (χ0n) is 6.46. The van der Waals surface area contributed by atoms with E-state index in [0.717, 1.165) is 10.6 Å². The number of aliphatic imine (C=N–C) groups is 1. The first-order valence-corrected chi connectivity index (χ1v) is 4.01. The van der Waals surface area contributed by atoms with Crippen LogP contribution in [0.1, 0.15) is 10.6 Å². The minimum absolute atomic E-state index is 0.685. The van der Waals surface area contributed by atoms with E-state index in [0.29, 0.717) is 5.84 Å². The molecule has 1 rings (SSSR count). The van der Waals surface area contributed by atoms with Gasteiger partial charge in [0.1, 0.15) is 0 Å². The smallest absolute Gasteiger partial charge is 0.154 e. The Kier molecular flexibility index (Phi) is 2.56. The molecule has 4 nitrogen and oxygen atoms in total. The van der Waals surface area contributed by atoms with Gasteiger partial charge in [0.25, 0.3) is 0 Å². The van der Waals surface area contributed by atoms with Gasteiger partial charge in [0.05, 0.1) is 16.1 Å². The molecule has 1 aromatic rings. The first kappa shape index (κ1) is 8.16. The normalized spacial score (nSPS) is 11.7. The average Bonchev–Trinajstić information content (AvgIpc) is 2.40. The van der Waals surface area contributed by atoms with Gasteiger partial charge in [0.2, 0.25) is 0 Å². The molecule has 0 fully saturated rings. The maximum atomic E-state index is 5.24. The summed E-state index contributed by atoms with van der Waals surface area (Å²) in [6.07, 6.45) is 0. The van der Waals surface area contributed by atoms with Crippen LogP contribution in [-0.2, 0) is 0 Å². The predicted molar refractivity (Wildman–Crippen MR) is 46.6 cm³/mol. The van der Waals surface area contributed by atoms with E-state index >= 15 is 0 Å². The Bertz CT molecular complexity index is 265. The number of hydrogen-bond acceptors (Lipinski definition) is 4. The van der Waals surface area contributed by atoms with Crippen molar-refractivity contribution < 1.29 is 0 Å². The fourth-order valence-corrected chi connectivity index (χ4v) is 1.56. The zero-order valence-corrected chi connectivity index (χ0v) is 7.27. The van der Waals surface area contributed by atoms with Crippen LogP contribution < -0.4 is 11.3 Å². The molecule has 1 aromatic heterocycles. The highest BCUT2D eigenvalue weighted by atomic mass is 32.1. The van der Waals surface area contributed by atoms with E-state index in [4.69, 9.17) is 5.84 Å². The predicted octanol–water partition coefficient (Wildman–Crippen LogP) is 0.291. The molecule has 0 radical (unpaired) electrons. The van der Waals surface area contributed by atoms with Crippen molar-refractivity contribution in [3.05, 3.63) is 16.1 Å². The lowest BCUT2D eigenvalue weighted by atomic mass is 10.4. The number of nitrogens with zero attached hydrogens (tertiary/aromatic N) is 2. The van der Waals surface area contributed by atoms with Crippen LogP contribution in [0.2, 0.25) is 0 Å². The van der Waals surface area contributed by atoms with Crippen molar-refractivity contribution in [1.82, 2.24) is 10.4 Å². The molecule has 0 saturated carbocycles. The number of nitrogens with one attached hydrogen (secondary N) is 1. The van der Waals surface area contributed by atoms with Gasteiger partial charge in [-0.05, 0) is 6.92 Å². The molecule has 0 saturated heterocycles. The maximum Gasteiger partial charge on any atom is 0.154 e. The molecule has 60 valence electrons. The second-order valence-electron chi connectivity index (χ2n) is 1.98. The molecule has 3 N–H and O–H groups in total. The SMILES string of the molecule is CN=C(NN)c1scnc1C. The monoisotopic (exact) mass is 170 g/mol. The van der Waals surface area contributed by atoms with Gasteiger partial charge >= 0.3 is 0 Å². The van der Waals surface area contributed by atoms with Gasteiger partial charge in [-0.15, -0.1) is 11.3 Å². The Hall–Kier alpha value is -0.940. The molecule has 0 aliphatic heterocycles. The minimum atomic E-state index is 0.685. The lowest BCUT2D eigenvalue weighted by molar-refractivity contribution is 1.02. The van der Waals surface area contributed by atoms with Crippen molar-refractivity contribution in [2.24, 2.45) is 10.8 Å². The number of aryl methyl sites for hydroxylation is 1. The molecule has 1 heterocycles. The highest BCUT2D eigenvalue weighted by molar-refractivity contribution is 7.12. The summed E-state index contributed by atoms with van der Waals surface area (Å²) < 4.78 is 0. The summed E-state index contributed by atoms with van der Waals surface area (Å²) >= 11 is 1.52. The first-order chi connectivity index (χ1) is 5.29. The Labute approximate surface area is 69.1 Å². The molecule has 0 spiro atoms. The number of amidine groups is 1. The van der Waals surface area contributed by atoms with Crippen LogP contribution in [0.4, 0.5) is 0 Å². The fraction of sp³-hybridized carbons (Fsp3) is 0.333. The third kappa shape index (κ3) is 1.55. The topological polar surface area (TPSA) is 63.3 Å². The summed E-state index contributed by atoms with van der Waals surface area (Å²) in [6.45, 7) is 1.92. The second-order valence-corrected chi connectivity index (χ2v) is 2.84. The number of rotatable bonds is 1. The lowest BCUT2D eigenvalue weighted by Gasteiger charge is -2.00. The standard InChI is InChI=1S/C6H10N4S/c1-4-5(11-3-9-4)6(8-2)10-7/h3H,7H2,1-2H3,(H,8,10).